The highest BCUT2D eigenvalue weighted by Gasteiger charge is 2.31. The lowest BCUT2D eigenvalue weighted by atomic mass is 9.82. The normalized spacial score (nSPS) is 13.4. The Kier molecular flexibility index (Phi) is 7.69. The van der Waals surface area contributed by atoms with Crippen LogP contribution in [0.25, 0.3) is 11.3 Å². The van der Waals surface area contributed by atoms with Crippen LogP contribution < -0.4 is 15.4 Å². The van der Waals surface area contributed by atoms with Crippen LogP contribution in [0, 0.1) is 6.92 Å². The van der Waals surface area contributed by atoms with Crippen LogP contribution in [0.15, 0.2) is 72.8 Å². The first-order valence-corrected chi connectivity index (χ1v) is 13.0. The first-order chi connectivity index (χ1) is 19.6. The number of hydrogen-bond donors (Lipinski definition) is 3. The van der Waals surface area contributed by atoms with E-state index in [9.17, 15) is 27.9 Å². The van der Waals surface area contributed by atoms with E-state index in [1.54, 1.807) is 6.07 Å². The Hall–Kier alpha value is -4.80. The van der Waals surface area contributed by atoms with Gasteiger partial charge in [-0.05, 0) is 73.9 Å². The van der Waals surface area contributed by atoms with Gasteiger partial charge >= 0.3 is 12.4 Å². The topological polar surface area (TPSA) is 105 Å². The van der Waals surface area contributed by atoms with E-state index in [-0.39, 0.29) is 23.3 Å². The van der Waals surface area contributed by atoms with E-state index in [0.29, 0.717) is 23.5 Å². The van der Waals surface area contributed by atoms with Crippen molar-refractivity contribution < 1.29 is 32.6 Å². The number of aromatic nitrogens is 2. The van der Waals surface area contributed by atoms with Gasteiger partial charge in [-0.15, -0.1) is 13.2 Å². The van der Waals surface area contributed by atoms with Crippen LogP contribution in [0.1, 0.15) is 52.4 Å². The van der Waals surface area contributed by atoms with Gasteiger partial charge in [0.2, 0.25) is 0 Å². The number of phenols is 1. The Morgan fingerprint density at radius 1 is 1.02 bits per heavy atom. The van der Waals surface area contributed by atoms with E-state index in [1.165, 1.54) is 35.0 Å². The second-order valence-corrected chi connectivity index (χ2v) is 9.90. The van der Waals surface area contributed by atoms with Gasteiger partial charge in [0.05, 0.1) is 11.4 Å². The maximum absolute atomic E-state index is 13.1. The van der Waals surface area contributed by atoms with Crippen molar-refractivity contribution in [3.8, 4) is 22.8 Å². The molecule has 1 fully saturated rings. The number of benzene rings is 3. The lowest BCUT2D eigenvalue weighted by molar-refractivity contribution is -0.274. The molecule has 0 atom stereocenters. The number of nitrogens with zero attached hydrogens (tertiary/aromatic N) is 2. The zero-order valence-corrected chi connectivity index (χ0v) is 22.0. The standard InChI is InChI=1S/C30H27F3N4O4/c1-18-5-7-19(8-6-18)17-34-29(40)37-26(20-3-2-4-20)16-25(36-37)24-15-22(11-14-27(24)38)35-28(39)21-9-12-23(13-10-21)41-30(31,32)33/h5-16,20,38H,2-4,17H2,1H3,(H,34,40)(H,35,39). The maximum atomic E-state index is 13.1. The molecule has 5 rings (SSSR count). The Morgan fingerprint density at radius 3 is 2.37 bits per heavy atom. The van der Waals surface area contributed by atoms with E-state index in [4.69, 9.17) is 0 Å². The molecule has 0 bridgehead atoms. The van der Waals surface area contributed by atoms with Crippen LogP contribution in [0.3, 0.4) is 0 Å². The van der Waals surface area contributed by atoms with Crippen LogP contribution >= 0.6 is 0 Å². The van der Waals surface area contributed by atoms with E-state index in [2.05, 4.69) is 20.5 Å². The number of alkyl halides is 3. The number of nitrogens with one attached hydrogen (secondary N) is 2. The van der Waals surface area contributed by atoms with Crippen molar-refractivity contribution in [1.82, 2.24) is 15.1 Å². The number of phenolic OH excluding ortho intramolecular Hbond substituents is 1. The highest BCUT2D eigenvalue weighted by atomic mass is 19.4. The molecule has 0 unspecified atom stereocenters. The number of hydrogen-bond acceptors (Lipinski definition) is 5. The van der Waals surface area contributed by atoms with Crippen molar-refractivity contribution in [2.45, 2.75) is 45.0 Å². The molecule has 1 heterocycles. The zero-order valence-electron chi connectivity index (χ0n) is 22.0. The van der Waals surface area contributed by atoms with Crippen molar-refractivity contribution in [3.63, 3.8) is 0 Å². The van der Waals surface area contributed by atoms with E-state index in [1.807, 2.05) is 31.2 Å². The molecule has 1 aliphatic rings. The van der Waals surface area contributed by atoms with Crippen LogP contribution in [0.5, 0.6) is 11.5 Å². The van der Waals surface area contributed by atoms with Gasteiger partial charge in [0.15, 0.2) is 0 Å². The third kappa shape index (κ3) is 6.68. The van der Waals surface area contributed by atoms with Crippen LogP contribution in [0.4, 0.5) is 23.7 Å². The number of amides is 2. The SMILES string of the molecule is Cc1ccc(CNC(=O)n2nc(-c3cc(NC(=O)c4ccc(OC(F)(F)F)cc4)ccc3O)cc2C2CCC2)cc1. The molecule has 1 aromatic heterocycles. The summed E-state index contributed by atoms with van der Waals surface area (Å²) in [5.41, 5.74) is 3.91. The Morgan fingerprint density at radius 2 is 1.73 bits per heavy atom. The fourth-order valence-corrected chi connectivity index (χ4v) is 4.47. The summed E-state index contributed by atoms with van der Waals surface area (Å²) in [5, 5.41) is 20.7. The fraction of sp³-hybridized carbons (Fsp3) is 0.233. The molecule has 4 aromatic rings. The van der Waals surface area contributed by atoms with Gasteiger partial charge < -0.3 is 20.5 Å². The van der Waals surface area contributed by atoms with Crippen LogP contribution in [0.2, 0.25) is 0 Å². The van der Waals surface area contributed by atoms with E-state index >= 15 is 0 Å². The minimum absolute atomic E-state index is 0.0958. The number of carbonyl (C=O) groups is 2. The van der Waals surface area contributed by atoms with Gasteiger partial charge in [0.25, 0.3) is 5.91 Å². The van der Waals surface area contributed by atoms with Crippen molar-refractivity contribution in [3.05, 3.63) is 95.2 Å². The molecular formula is C30H27F3N4O4. The highest BCUT2D eigenvalue weighted by molar-refractivity contribution is 6.04. The molecular weight excluding hydrogens is 537 g/mol. The number of ether oxygens (including phenoxy) is 1. The van der Waals surface area contributed by atoms with E-state index in [0.717, 1.165) is 48.2 Å². The summed E-state index contributed by atoms with van der Waals surface area (Å²) in [7, 11) is 0. The van der Waals surface area contributed by atoms with E-state index < -0.39 is 18.0 Å². The van der Waals surface area contributed by atoms with Gasteiger partial charge in [0, 0.05) is 29.3 Å². The lowest BCUT2D eigenvalue weighted by Crippen LogP contribution is -2.31. The molecule has 11 heteroatoms. The smallest absolute Gasteiger partial charge is 0.507 e. The average Bonchev–Trinajstić information content (AvgIpc) is 3.32. The van der Waals surface area contributed by atoms with Crippen molar-refractivity contribution in [2.75, 3.05) is 5.32 Å². The summed E-state index contributed by atoms with van der Waals surface area (Å²) < 4.78 is 42.4. The summed E-state index contributed by atoms with van der Waals surface area (Å²) in [5.74, 6) is -0.949. The molecule has 0 radical (unpaired) electrons. The third-order valence-corrected chi connectivity index (χ3v) is 6.90. The van der Waals surface area contributed by atoms with Crippen molar-refractivity contribution >= 4 is 17.6 Å². The highest BCUT2D eigenvalue weighted by Crippen LogP contribution is 2.39. The number of aryl methyl sites for hydroxylation is 1. The zero-order chi connectivity index (χ0) is 29.1. The molecule has 1 saturated carbocycles. The van der Waals surface area contributed by atoms with Gasteiger partial charge in [-0.1, -0.05) is 36.2 Å². The summed E-state index contributed by atoms with van der Waals surface area (Å²) in [6.45, 7) is 2.32. The molecule has 1 aliphatic carbocycles. The summed E-state index contributed by atoms with van der Waals surface area (Å²) in [4.78, 5) is 25.9. The molecule has 2 amide bonds. The minimum atomic E-state index is -4.83. The summed E-state index contributed by atoms with van der Waals surface area (Å²) in [6.07, 6.45) is -1.94. The van der Waals surface area contributed by atoms with Crippen molar-refractivity contribution in [1.29, 1.82) is 0 Å². The Balaban J connectivity index is 1.34. The van der Waals surface area contributed by atoms with Crippen LogP contribution in [-0.4, -0.2) is 33.2 Å². The summed E-state index contributed by atoms with van der Waals surface area (Å²) in [6, 6.07) is 18.1. The largest absolute Gasteiger partial charge is 0.573 e. The molecule has 0 saturated heterocycles. The number of carbonyl (C=O) groups excluding carboxylic acids is 2. The van der Waals surface area contributed by atoms with Gasteiger partial charge in [-0.2, -0.15) is 9.78 Å². The Bertz CT molecular complexity index is 1560. The third-order valence-electron chi connectivity index (χ3n) is 6.90. The number of anilines is 1. The molecule has 8 nitrogen and oxygen atoms in total. The molecule has 0 spiro atoms. The number of halogens is 3. The quantitative estimate of drug-likeness (QED) is 0.216. The van der Waals surface area contributed by atoms with Gasteiger partial charge in [-0.3, -0.25) is 4.79 Å². The number of aromatic hydroxyl groups is 1. The molecule has 3 N–H and O–H groups in total. The second-order valence-electron chi connectivity index (χ2n) is 9.90. The number of rotatable bonds is 7. The summed E-state index contributed by atoms with van der Waals surface area (Å²) >= 11 is 0. The molecule has 0 aliphatic heterocycles. The minimum Gasteiger partial charge on any atom is -0.507 e. The second kappa shape index (κ2) is 11.4. The molecule has 41 heavy (non-hydrogen) atoms. The van der Waals surface area contributed by atoms with Gasteiger partial charge in [0.1, 0.15) is 11.5 Å². The van der Waals surface area contributed by atoms with Gasteiger partial charge in [-0.25, -0.2) is 4.79 Å². The average molecular weight is 565 g/mol. The molecule has 212 valence electrons. The fourth-order valence-electron chi connectivity index (χ4n) is 4.47. The monoisotopic (exact) mass is 564 g/mol. The van der Waals surface area contributed by atoms with Crippen molar-refractivity contribution in [2.24, 2.45) is 0 Å². The lowest BCUT2D eigenvalue weighted by Gasteiger charge is -2.25. The predicted octanol–water partition coefficient (Wildman–Crippen LogP) is 6.74. The predicted molar refractivity (Wildman–Crippen MR) is 146 cm³/mol. The first kappa shape index (κ1) is 27.8. The first-order valence-electron chi connectivity index (χ1n) is 13.0. The van der Waals surface area contributed by atoms with Crippen LogP contribution in [-0.2, 0) is 6.54 Å². The Labute approximate surface area is 233 Å². The maximum Gasteiger partial charge on any atom is 0.573 e. The molecule has 3 aromatic carbocycles.